The number of benzene rings is 1. The monoisotopic (exact) mass is 403 g/mol. The van der Waals surface area contributed by atoms with Crippen LogP contribution in [0, 0.1) is 5.82 Å². The lowest BCUT2D eigenvalue weighted by molar-refractivity contribution is -0.143. The van der Waals surface area contributed by atoms with Gasteiger partial charge in [-0.05, 0) is 43.2 Å². The van der Waals surface area contributed by atoms with E-state index in [2.05, 4.69) is 4.98 Å². The van der Waals surface area contributed by atoms with Gasteiger partial charge in [-0.1, -0.05) is 11.6 Å². The van der Waals surface area contributed by atoms with Crippen LogP contribution in [0.5, 0.6) is 0 Å². The summed E-state index contributed by atoms with van der Waals surface area (Å²) in [6.45, 7) is 1.59. The lowest BCUT2D eigenvalue weighted by Gasteiger charge is -2.35. The summed E-state index contributed by atoms with van der Waals surface area (Å²) in [5, 5.41) is 10.2. The van der Waals surface area contributed by atoms with E-state index >= 15 is 0 Å². The van der Waals surface area contributed by atoms with Gasteiger partial charge in [0.05, 0.1) is 11.3 Å². The molecule has 146 valence electrons. The molecular formula is C20H19ClFN3O3. The minimum Gasteiger partial charge on any atom is -0.380 e. The first kappa shape index (κ1) is 18.8. The van der Waals surface area contributed by atoms with Gasteiger partial charge in [-0.15, -0.1) is 0 Å². The molecule has 1 saturated carbocycles. The maximum Gasteiger partial charge on any atom is 0.255 e. The third kappa shape index (κ3) is 3.59. The summed E-state index contributed by atoms with van der Waals surface area (Å²) < 4.78 is 14.0. The summed E-state index contributed by atoms with van der Waals surface area (Å²) in [4.78, 5) is 32.3. The van der Waals surface area contributed by atoms with Crippen molar-refractivity contribution in [2.75, 3.05) is 26.2 Å². The van der Waals surface area contributed by atoms with Gasteiger partial charge in [0.15, 0.2) is 0 Å². The van der Waals surface area contributed by atoms with Gasteiger partial charge in [-0.2, -0.15) is 0 Å². The zero-order chi connectivity index (χ0) is 19.9. The third-order valence-electron chi connectivity index (χ3n) is 5.19. The minimum absolute atomic E-state index is 0.187. The molecule has 1 N–H and O–H groups in total. The Hall–Kier alpha value is -2.51. The normalized spacial score (nSPS) is 18.1. The fourth-order valence-electron chi connectivity index (χ4n) is 3.30. The molecule has 0 spiro atoms. The molecule has 2 fully saturated rings. The molecule has 2 amide bonds. The Morgan fingerprint density at radius 1 is 1.07 bits per heavy atom. The van der Waals surface area contributed by atoms with Crippen LogP contribution in [-0.2, 0) is 4.79 Å². The Bertz CT molecular complexity index is 923. The number of amides is 2. The van der Waals surface area contributed by atoms with Crippen molar-refractivity contribution >= 4 is 23.4 Å². The first-order valence-corrected chi connectivity index (χ1v) is 9.48. The van der Waals surface area contributed by atoms with Crippen LogP contribution >= 0.6 is 11.6 Å². The van der Waals surface area contributed by atoms with Gasteiger partial charge in [0.2, 0.25) is 0 Å². The number of carbonyl (C=O) groups is 2. The highest BCUT2D eigenvalue weighted by molar-refractivity contribution is 6.30. The highest BCUT2D eigenvalue weighted by Gasteiger charge is 2.50. The number of nitrogens with zero attached hydrogens (tertiary/aromatic N) is 3. The van der Waals surface area contributed by atoms with Crippen molar-refractivity contribution in [2.24, 2.45) is 0 Å². The minimum atomic E-state index is -1.18. The van der Waals surface area contributed by atoms with Crippen LogP contribution in [0.4, 0.5) is 4.39 Å². The number of hydrogen-bond donors (Lipinski definition) is 1. The van der Waals surface area contributed by atoms with E-state index < -0.39 is 11.4 Å². The van der Waals surface area contributed by atoms with Gasteiger partial charge >= 0.3 is 0 Å². The van der Waals surface area contributed by atoms with E-state index in [4.69, 9.17) is 11.6 Å². The van der Waals surface area contributed by atoms with E-state index in [1.54, 1.807) is 34.1 Å². The van der Waals surface area contributed by atoms with Crippen molar-refractivity contribution < 1.29 is 19.1 Å². The summed E-state index contributed by atoms with van der Waals surface area (Å²) in [7, 11) is 0. The van der Waals surface area contributed by atoms with Crippen LogP contribution in [0.25, 0.3) is 11.3 Å². The number of hydrogen-bond acceptors (Lipinski definition) is 4. The quantitative estimate of drug-likeness (QED) is 0.853. The van der Waals surface area contributed by atoms with Gasteiger partial charge in [-0.25, -0.2) is 4.39 Å². The Kier molecular flexibility index (Phi) is 4.81. The zero-order valence-electron chi connectivity index (χ0n) is 15.1. The molecule has 1 aromatic heterocycles. The summed E-state index contributed by atoms with van der Waals surface area (Å²) in [6, 6.07) is 7.56. The van der Waals surface area contributed by atoms with Crippen molar-refractivity contribution in [3.8, 4) is 11.3 Å². The van der Waals surface area contributed by atoms with Crippen molar-refractivity contribution in [1.82, 2.24) is 14.8 Å². The molecule has 4 rings (SSSR count). The number of carbonyl (C=O) groups excluding carboxylic acids is 2. The zero-order valence-corrected chi connectivity index (χ0v) is 15.8. The maximum absolute atomic E-state index is 14.0. The van der Waals surface area contributed by atoms with Crippen molar-refractivity contribution in [1.29, 1.82) is 0 Å². The fourth-order valence-corrected chi connectivity index (χ4v) is 3.46. The maximum atomic E-state index is 14.0. The van der Waals surface area contributed by atoms with Crippen LogP contribution < -0.4 is 0 Å². The van der Waals surface area contributed by atoms with Crippen molar-refractivity contribution in [3.63, 3.8) is 0 Å². The summed E-state index contributed by atoms with van der Waals surface area (Å²) in [6.07, 6.45) is 2.45. The second-order valence-corrected chi connectivity index (χ2v) is 7.61. The standard InChI is InChI=1S/C20H19ClFN3O3/c21-14-2-3-15(16(22)11-14)17-4-1-13(12-23-17)18(26)24-7-9-25(10-8-24)19(27)20(28)5-6-20/h1-4,11-12,28H,5-10H2. The van der Waals surface area contributed by atoms with E-state index in [1.165, 1.54) is 12.3 Å². The second kappa shape index (κ2) is 7.14. The highest BCUT2D eigenvalue weighted by Crippen LogP contribution is 2.37. The van der Waals surface area contributed by atoms with E-state index in [-0.39, 0.29) is 11.8 Å². The lowest BCUT2D eigenvalue weighted by atomic mass is 10.1. The van der Waals surface area contributed by atoms with Crippen LogP contribution in [0.3, 0.4) is 0 Å². The third-order valence-corrected chi connectivity index (χ3v) is 5.43. The Balaban J connectivity index is 1.41. The molecule has 28 heavy (non-hydrogen) atoms. The molecule has 0 atom stereocenters. The topological polar surface area (TPSA) is 73.7 Å². The van der Waals surface area contributed by atoms with Gasteiger partial charge in [0, 0.05) is 43.0 Å². The Morgan fingerprint density at radius 2 is 1.75 bits per heavy atom. The second-order valence-electron chi connectivity index (χ2n) is 7.17. The summed E-state index contributed by atoms with van der Waals surface area (Å²) in [5.41, 5.74) is -0.0471. The van der Waals surface area contributed by atoms with Gasteiger partial charge in [0.1, 0.15) is 11.4 Å². The Labute approximate surface area is 166 Å². The van der Waals surface area contributed by atoms with E-state index in [0.29, 0.717) is 60.9 Å². The van der Waals surface area contributed by atoms with Crippen molar-refractivity contribution in [2.45, 2.75) is 18.4 Å². The molecule has 0 unspecified atom stereocenters. The largest absolute Gasteiger partial charge is 0.380 e. The summed E-state index contributed by atoms with van der Waals surface area (Å²) >= 11 is 5.77. The number of rotatable bonds is 3. The number of halogens is 2. The number of piperazine rings is 1. The molecule has 0 bridgehead atoms. The smallest absolute Gasteiger partial charge is 0.255 e. The van der Waals surface area contributed by atoms with Crippen LogP contribution in [0.1, 0.15) is 23.2 Å². The average Bonchev–Trinajstić information content (AvgIpc) is 3.46. The number of aromatic nitrogens is 1. The molecule has 1 aliphatic heterocycles. The predicted molar refractivity (Wildman–Crippen MR) is 101 cm³/mol. The number of aliphatic hydroxyl groups is 1. The number of pyridine rings is 1. The molecule has 2 heterocycles. The highest BCUT2D eigenvalue weighted by atomic mass is 35.5. The van der Waals surface area contributed by atoms with Crippen LogP contribution in [0.15, 0.2) is 36.5 Å². The van der Waals surface area contributed by atoms with Gasteiger partial charge < -0.3 is 14.9 Å². The van der Waals surface area contributed by atoms with Crippen molar-refractivity contribution in [3.05, 3.63) is 52.9 Å². The molecule has 6 nitrogen and oxygen atoms in total. The molecule has 1 saturated heterocycles. The fraction of sp³-hybridized carbons (Fsp3) is 0.350. The van der Waals surface area contributed by atoms with Crippen LogP contribution in [-0.4, -0.2) is 63.5 Å². The van der Waals surface area contributed by atoms with Crippen LogP contribution in [0.2, 0.25) is 5.02 Å². The molecule has 0 radical (unpaired) electrons. The summed E-state index contributed by atoms with van der Waals surface area (Å²) in [5.74, 6) is -0.902. The lowest BCUT2D eigenvalue weighted by Crippen LogP contribution is -2.53. The molecule has 8 heteroatoms. The van der Waals surface area contributed by atoms with E-state index in [1.807, 2.05) is 0 Å². The van der Waals surface area contributed by atoms with Gasteiger partial charge in [-0.3, -0.25) is 14.6 Å². The first-order valence-electron chi connectivity index (χ1n) is 9.10. The molecule has 2 aliphatic rings. The first-order chi connectivity index (χ1) is 13.4. The molecule has 1 aromatic carbocycles. The van der Waals surface area contributed by atoms with Gasteiger partial charge in [0.25, 0.3) is 11.8 Å². The predicted octanol–water partition coefficient (Wildman–Crippen LogP) is 2.35. The molecule has 2 aromatic rings. The molecule has 1 aliphatic carbocycles. The van der Waals surface area contributed by atoms with E-state index in [0.717, 1.165) is 0 Å². The molecular weight excluding hydrogens is 385 g/mol. The van der Waals surface area contributed by atoms with E-state index in [9.17, 15) is 19.1 Å². The Morgan fingerprint density at radius 3 is 2.32 bits per heavy atom. The average molecular weight is 404 g/mol. The SMILES string of the molecule is O=C(c1ccc(-c2ccc(Cl)cc2F)nc1)N1CCN(C(=O)C2(O)CC2)CC1.